The van der Waals surface area contributed by atoms with Crippen LogP contribution < -0.4 is 5.73 Å². The summed E-state index contributed by atoms with van der Waals surface area (Å²) < 4.78 is 15.9. The van der Waals surface area contributed by atoms with E-state index in [4.69, 9.17) is 22.7 Å². The van der Waals surface area contributed by atoms with Crippen molar-refractivity contribution in [2.45, 2.75) is 6.54 Å². The van der Waals surface area contributed by atoms with Gasteiger partial charge in [-0.2, -0.15) is 0 Å². The summed E-state index contributed by atoms with van der Waals surface area (Å²) >= 11 is 6.12. The van der Waals surface area contributed by atoms with E-state index in [0.29, 0.717) is 23.0 Å². The summed E-state index contributed by atoms with van der Waals surface area (Å²) in [5.41, 5.74) is 7.37. The predicted octanol–water partition coefficient (Wildman–Crippen LogP) is 3.67. The van der Waals surface area contributed by atoms with Crippen molar-refractivity contribution in [1.82, 2.24) is 9.55 Å². The molecule has 0 saturated carbocycles. The highest BCUT2D eigenvalue weighted by Crippen LogP contribution is 2.29. The summed E-state index contributed by atoms with van der Waals surface area (Å²) in [7, 11) is 0. The first-order chi connectivity index (χ1) is 11.1. The largest absolute Gasteiger partial charge is 0.384 e. The minimum Gasteiger partial charge on any atom is -0.384 e. The Morgan fingerprint density at radius 1 is 1.26 bits per heavy atom. The van der Waals surface area contributed by atoms with Gasteiger partial charge in [-0.1, -0.05) is 35.9 Å². The van der Waals surface area contributed by atoms with Crippen molar-refractivity contribution in [3.05, 3.63) is 76.8 Å². The van der Waals surface area contributed by atoms with Crippen LogP contribution >= 0.6 is 11.6 Å². The Balaban J connectivity index is 1.99. The first-order valence-corrected chi connectivity index (χ1v) is 7.33. The van der Waals surface area contributed by atoms with Gasteiger partial charge in [0, 0.05) is 24.5 Å². The molecule has 0 amide bonds. The van der Waals surface area contributed by atoms with E-state index in [9.17, 15) is 4.39 Å². The number of nitrogen functional groups attached to an aromatic ring is 1. The van der Waals surface area contributed by atoms with Crippen LogP contribution in [-0.2, 0) is 6.54 Å². The van der Waals surface area contributed by atoms with Crippen LogP contribution in [0.3, 0.4) is 0 Å². The van der Waals surface area contributed by atoms with Crippen LogP contribution in [0, 0.1) is 11.2 Å². The van der Waals surface area contributed by atoms with E-state index in [0.717, 1.165) is 5.56 Å². The average Bonchev–Trinajstić information content (AvgIpc) is 2.95. The fourth-order valence-corrected chi connectivity index (χ4v) is 2.66. The molecule has 0 atom stereocenters. The lowest BCUT2D eigenvalue weighted by molar-refractivity contribution is 0.628. The molecule has 0 aliphatic carbocycles. The third-order valence-electron chi connectivity index (χ3n) is 3.49. The normalized spacial score (nSPS) is 10.7. The van der Waals surface area contributed by atoms with E-state index in [1.807, 2.05) is 22.8 Å². The van der Waals surface area contributed by atoms with Crippen LogP contribution in [0.4, 0.5) is 4.39 Å². The SMILES string of the molecule is N=C(N)c1cccc(Cn2ccnc2-c2c(F)cccc2Cl)c1. The first-order valence-electron chi connectivity index (χ1n) is 6.95. The molecule has 0 aliphatic rings. The molecule has 3 rings (SSSR count). The molecule has 4 nitrogen and oxygen atoms in total. The fraction of sp³-hybridized carbons (Fsp3) is 0.0588. The molecule has 1 aromatic heterocycles. The maximum Gasteiger partial charge on any atom is 0.144 e. The zero-order valence-electron chi connectivity index (χ0n) is 12.1. The minimum atomic E-state index is -0.414. The third kappa shape index (κ3) is 3.10. The van der Waals surface area contributed by atoms with Crippen molar-refractivity contribution in [2.75, 3.05) is 0 Å². The van der Waals surface area contributed by atoms with E-state index in [1.54, 1.807) is 30.6 Å². The van der Waals surface area contributed by atoms with Gasteiger partial charge < -0.3 is 10.3 Å². The zero-order chi connectivity index (χ0) is 16.4. The van der Waals surface area contributed by atoms with Gasteiger partial charge in [0.05, 0.1) is 10.6 Å². The van der Waals surface area contributed by atoms with Gasteiger partial charge in [-0.05, 0) is 23.8 Å². The van der Waals surface area contributed by atoms with Crippen molar-refractivity contribution in [3.63, 3.8) is 0 Å². The Hall–Kier alpha value is -2.66. The van der Waals surface area contributed by atoms with Crippen molar-refractivity contribution >= 4 is 17.4 Å². The van der Waals surface area contributed by atoms with Crippen LogP contribution in [0.1, 0.15) is 11.1 Å². The van der Waals surface area contributed by atoms with Crippen LogP contribution in [0.2, 0.25) is 5.02 Å². The maximum absolute atomic E-state index is 14.1. The van der Waals surface area contributed by atoms with Gasteiger partial charge in [0.2, 0.25) is 0 Å². The Bertz CT molecular complexity index is 852. The molecular formula is C17H14ClFN4. The van der Waals surface area contributed by atoms with Crippen molar-refractivity contribution in [3.8, 4) is 11.4 Å². The second-order valence-electron chi connectivity index (χ2n) is 5.09. The Kier molecular flexibility index (Phi) is 4.12. The van der Waals surface area contributed by atoms with E-state index in [1.165, 1.54) is 6.07 Å². The standard InChI is InChI=1S/C17H14ClFN4/c18-13-5-2-6-14(19)15(13)17-22-7-8-23(17)10-11-3-1-4-12(9-11)16(20)21/h1-9H,10H2,(H3,20,21). The topological polar surface area (TPSA) is 67.7 Å². The summed E-state index contributed by atoms with van der Waals surface area (Å²) in [4.78, 5) is 4.23. The second kappa shape index (κ2) is 6.22. The molecular weight excluding hydrogens is 315 g/mol. The van der Waals surface area contributed by atoms with Crippen LogP contribution in [0.5, 0.6) is 0 Å². The van der Waals surface area contributed by atoms with Crippen molar-refractivity contribution < 1.29 is 4.39 Å². The lowest BCUT2D eigenvalue weighted by Crippen LogP contribution is -2.11. The highest BCUT2D eigenvalue weighted by molar-refractivity contribution is 6.33. The molecule has 3 N–H and O–H groups in total. The molecule has 0 unspecified atom stereocenters. The number of halogens is 2. The zero-order valence-corrected chi connectivity index (χ0v) is 12.9. The van der Waals surface area contributed by atoms with Gasteiger partial charge in [-0.15, -0.1) is 0 Å². The number of aromatic nitrogens is 2. The van der Waals surface area contributed by atoms with Gasteiger partial charge in [-0.25, -0.2) is 9.37 Å². The van der Waals surface area contributed by atoms with Gasteiger partial charge >= 0.3 is 0 Å². The van der Waals surface area contributed by atoms with Gasteiger partial charge in [0.25, 0.3) is 0 Å². The highest BCUT2D eigenvalue weighted by atomic mass is 35.5. The molecule has 23 heavy (non-hydrogen) atoms. The molecule has 0 fully saturated rings. The number of hydrogen-bond donors (Lipinski definition) is 2. The lowest BCUT2D eigenvalue weighted by atomic mass is 10.1. The minimum absolute atomic E-state index is 0.00912. The number of nitrogens with two attached hydrogens (primary N) is 1. The molecule has 3 aromatic rings. The highest BCUT2D eigenvalue weighted by Gasteiger charge is 2.15. The molecule has 0 spiro atoms. The summed E-state index contributed by atoms with van der Waals surface area (Å²) in [6, 6.07) is 11.9. The van der Waals surface area contributed by atoms with E-state index < -0.39 is 5.82 Å². The monoisotopic (exact) mass is 328 g/mol. The second-order valence-corrected chi connectivity index (χ2v) is 5.50. The maximum atomic E-state index is 14.1. The number of amidine groups is 1. The molecule has 6 heteroatoms. The van der Waals surface area contributed by atoms with Gasteiger partial charge in [0.15, 0.2) is 0 Å². The Labute approximate surface area is 137 Å². The van der Waals surface area contributed by atoms with E-state index in [2.05, 4.69) is 4.98 Å². The molecule has 0 radical (unpaired) electrons. The molecule has 0 saturated heterocycles. The smallest absolute Gasteiger partial charge is 0.144 e. The molecule has 116 valence electrons. The van der Waals surface area contributed by atoms with Crippen molar-refractivity contribution in [1.29, 1.82) is 5.41 Å². The molecule has 0 aliphatic heterocycles. The molecule has 2 aromatic carbocycles. The predicted molar refractivity (Wildman–Crippen MR) is 89.2 cm³/mol. The van der Waals surface area contributed by atoms with Crippen LogP contribution in [0.25, 0.3) is 11.4 Å². The van der Waals surface area contributed by atoms with Crippen LogP contribution in [0.15, 0.2) is 54.9 Å². The number of nitrogens with one attached hydrogen (secondary N) is 1. The van der Waals surface area contributed by atoms with E-state index in [-0.39, 0.29) is 11.4 Å². The quantitative estimate of drug-likeness (QED) is 0.566. The average molecular weight is 329 g/mol. The number of nitrogens with zero attached hydrogens (tertiary/aromatic N) is 2. The summed E-state index contributed by atoms with van der Waals surface area (Å²) in [6.07, 6.45) is 3.37. The summed E-state index contributed by atoms with van der Waals surface area (Å²) in [5, 5.41) is 7.82. The number of imidazole rings is 1. The van der Waals surface area contributed by atoms with E-state index >= 15 is 0 Å². The number of hydrogen-bond acceptors (Lipinski definition) is 2. The Morgan fingerprint density at radius 2 is 2.04 bits per heavy atom. The van der Waals surface area contributed by atoms with Crippen LogP contribution in [-0.4, -0.2) is 15.4 Å². The first kappa shape index (κ1) is 15.2. The molecule has 1 heterocycles. The fourth-order valence-electron chi connectivity index (χ4n) is 2.41. The number of rotatable bonds is 4. The third-order valence-corrected chi connectivity index (χ3v) is 3.81. The Morgan fingerprint density at radius 3 is 2.78 bits per heavy atom. The summed E-state index contributed by atoms with van der Waals surface area (Å²) in [5.74, 6) is 0.0543. The van der Waals surface area contributed by atoms with Gasteiger partial charge in [-0.3, -0.25) is 5.41 Å². The summed E-state index contributed by atoms with van der Waals surface area (Å²) in [6.45, 7) is 0.473. The van der Waals surface area contributed by atoms with Crippen molar-refractivity contribution in [2.24, 2.45) is 5.73 Å². The number of benzene rings is 2. The molecule has 0 bridgehead atoms. The van der Waals surface area contributed by atoms with Gasteiger partial charge in [0.1, 0.15) is 17.5 Å². The lowest BCUT2D eigenvalue weighted by Gasteiger charge is -2.11.